The molecule has 3 rings (SSSR count). The second-order valence-electron chi connectivity index (χ2n) is 9.31. The van der Waals surface area contributed by atoms with Crippen LogP contribution in [0.25, 0.3) is 22.8 Å². The van der Waals surface area contributed by atoms with Crippen LogP contribution >= 0.6 is 0 Å². The monoisotopic (exact) mass is 496 g/mol. The summed E-state index contributed by atoms with van der Waals surface area (Å²) < 4.78 is 11.5. The fourth-order valence-electron chi connectivity index (χ4n) is 4.11. The maximum absolute atomic E-state index is 11.2. The molecule has 2 aromatic carbocycles. The van der Waals surface area contributed by atoms with E-state index in [4.69, 9.17) is 14.4 Å². The zero-order valence-electron chi connectivity index (χ0n) is 21.9. The molecule has 1 heterocycles. The van der Waals surface area contributed by atoms with E-state index >= 15 is 0 Å². The van der Waals surface area contributed by atoms with Crippen LogP contribution in [0.15, 0.2) is 28.8 Å². The van der Waals surface area contributed by atoms with E-state index in [2.05, 4.69) is 60.4 Å². The molecule has 0 unspecified atom stereocenters. The minimum Gasteiger partial charge on any atom is -0.490 e. The Morgan fingerprint density at radius 1 is 1.11 bits per heavy atom. The van der Waals surface area contributed by atoms with Gasteiger partial charge in [-0.15, -0.1) is 0 Å². The van der Waals surface area contributed by atoms with E-state index in [1.54, 1.807) is 0 Å². The van der Waals surface area contributed by atoms with Gasteiger partial charge in [-0.2, -0.15) is 4.98 Å². The van der Waals surface area contributed by atoms with Crippen LogP contribution in [-0.2, 0) is 17.8 Å². The minimum absolute atomic E-state index is 0.00130. The second-order valence-corrected chi connectivity index (χ2v) is 9.31. The summed E-state index contributed by atoms with van der Waals surface area (Å²) in [6.07, 6.45) is -0.197. The lowest BCUT2D eigenvalue weighted by Crippen LogP contribution is -2.36. The molecule has 3 N–H and O–H groups in total. The first kappa shape index (κ1) is 27.3. The summed E-state index contributed by atoms with van der Waals surface area (Å²) in [5.41, 5.74) is 7.19. The number of nitrogens with zero attached hydrogens (tertiary/aromatic N) is 3. The van der Waals surface area contributed by atoms with Crippen molar-refractivity contribution in [2.45, 2.75) is 46.8 Å². The summed E-state index contributed by atoms with van der Waals surface area (Å²) in [4.78, 5) is 18.0. The highest BCUT2D eigenvalue weighted by atomic mass is 16.5. The van der Waals surface area contributed by atoms with Crippen molar-refractivity contribution in [3.8, 4) is 28.6 Å². The van der Waals surface area contributed by atoms with Crippen molar-refractivity contribution in [3.63, 3.8) is 0 Å². The van der Waals surface area contributed by atoms with Crippen LogP contribution in [0.3, 0.4) is 0 Å². The van der Waals surface area contributed by atoms with Gasteiger partial charge in [-0.25, -0.2) is 0 Å². The zero-order valence-corrected chi connectivity index (χ0v) is 21.9. The predicted octanol–water partition coefficient (Wildman–Crippen LogP) is 2.80. The number of nitrogens with one attached hydrogen (secondary N) is 1. The number of amides is 1. The molecule has 0 fully saturated rings. The van der Waals surface area contributed by atoms with Crippen LogP contribution in [0, 0.1) is 20.8 Å². The molecule has 36 heavy (non-hydrogen) atoms. The lowest BCUT2D eigenvalue weighted by Gasteiger charge is -2.17. The number of benzene rings is 2. The normalized spacial score (nSPS) is 12.1. The predicted molar refractivity (Wildman–Crippen MR) is 138 cm³/mol. The van der Waals surface area contributed by atoms with Crippen molar-refractivity contribution in [3.05, 3.63) is 52.1 Å². The maximum Gasteiger partial charge on any atom is 0.258 e. The van der Waals surface area contributed by atoms with E-state index in [9.17, 15) is 9.90 Å². The Labute approximate surface area is 212 Å². The van der Waals surface area contributed by atoms with Gasteiger partial charge in [-0.3, -0.25) is 4.79 Å². The molecule has 0 radical (unpaired) electrons. The molecule has 0 aliphatic carbocycles. The molecule has 0 saturated heterocycles. The van der Waals surface area contributed by atoms with Crippen LogP contribution in [0.5, 0.6) is 5.75 Å². The Kier molecular flexibility index (Phi) is 9.19. The van der Waals surface area contributed by atoms with E-state index < -0.39 is 18.6 Å². The molecule has 0 aliphatic heterocycles. The van der Waals surface area contributed by atoms with Crippen LogP contribution < -0.4 is 10.1 Å². The van der Waals surface area contributed by atoms with E-state index in [-0.39, 0.29) is 13.2 Å². The molecule has 9 nitrogen and oxygen atoms in total. The molecule has 0 bridgehead atoms. The second kappa shape index (κ2) is 12.1. The average molecular weight is 497 g/mol. The van der Waals surface area contributed by atoms with E-state index in [0.717, 1.165) is 28.8 Å². The zero-order chi connectivity index (χ0) is 26.4. The van der Waals surface area contributed by atoms with Crippen molar-refractivity contribution in [1.82, 2.24) is 20.4 Å². The maximum atomic E-state index is 11.2. The number of aliphatic hydroxyl groups excluding tert-OH is 2. The first-order chi connectivity index (χ1) is 17.1. The number of aliphatic hydroxyl groups is 2. The average Bonchev–Trinajstić information content (AvgIpc) is 3.33. The number of carbonyl (C=O) groups excluding carboxylic acids is 1. The van der Waals surface area contributed by atoms with E-state index in [1.165, 1.54) is 16.7 Å². The molecule has 0 saturated carbocycles. The summed E-state index contributed by atoms with van der Waals surface area (Å²) in [6.45, 7) is 8.40. The highest BCUT2D eigenvalue weighted by Crippen LogP contribution is 2.32. The number of aromatic nitrogens is 2. The Morgan fingerprint density at radius 2 is 1.78 bits per heavy atom. The fraction of sp³-hybridized carbons (Fsp3) is 0.444. The van der Waals surface area contributed by atoms with Crippen molar-refractivity contribution < 1.29 is 24.3 Å². The molecular weight excluding hydrogens is 460 g/mol. The van der Waals surface area contributed by atoms with Crippen LogP contribution in [-0.4, -0.2) is 71.1 Å². The summed E-state index contributed by atoms with van der Waals surface area (Å²) in [5, 5.41) is 25.5. The van der Waals surface area contributed by atoms with Gasteiger partial charge >= 0.3 is 0 Å². The lowest BCUT2D eigenvalue weighted by molar-refractivity contribution is -0.124. The molecule has 3 aromatic rings. The van der Waals surface area contributed by atoms with Crippen molar-refractivity contribution in [1.29, 1.82) is 0 Å². The molecule has 194 valence electrons. The SMILES string of the molecule is CCc1cc(-c2noc(-c3cc(C)c(CN(C)C)c(C)c3)n2)cc(C)c1OC[C@@H](O)CNC(=O)CO. The molecule has 0 aliphatic rings. The van der Waals surface area contributed by atoms with Gasteiger partial charge in [0.25, 0.3) is 5.89 Å². The Balaban J connectivity index is 1.80. The summed E-state index contributed by atoms with van der Waals surface area (Å²) in [5.74, 6) is 1.10. The molecule has 0 spiro atoms. The van der Waals surface area contributed by atoms with Gasteiger partial charge in [-0.1, -0.05) is 12.1 Å². The van der Waals surface area contributed by atoms with Crippen molar-refractivity contribution in [2.24, 2.45) is 0 Å². The van der Waals surface area contributed by atoms with Gasteiger partial charge in [0.05, 0.1) is 0 Å². The quantitative estimate of drug-likeness (QED) is 0.371. The Morgan fingerprint density at radius 3 is 2.39 bits per heavy atom. The topological polar surface area (TPSA) is 121 Å². The minimum atomic E-state index is -0.903. The van der Waals surface area contributed by atoms with Crippen LogP contribution in [0.2, 0.25) is 0 Å². The van der Waals surface area contributed by atoms with Crippen molar-refractivity contribution in [2.75, 3.05) is 33.9 Å². The van der Waals surface area contributed by atoms with Gasteiger partial charge in [-0.05, 0) is 93.4 Å². The van der Waals surface area contributed by atoms with Gasteiger partial charge in [0.15, 0.2) is 0 Å². The van der Waals surface area contributed by atoms with Gasteiger partial charge in [0.1, 0.15) is 25.1 Å². The largest absolute Gasteiger partial charge is 0.490 e. The summed E-state index contributed by atoms with van der Waals surface area (Å²) >= 11 is 0. The molecule has 1 atom stereocenters. The highest BCUT2D eigenvalue weighted by molar-refractivity contribution is 5.76. The van der Waals surface area contributed by atoms with E-state index in [1.807, 2.05) is 26.0 Å². The first-order valence-electron chi connectivity index (χ1n) is 12.0. The summed E-state index contributed by atoms with van der Waals surface area (Å²) in [6, 6.07) is 8.06. The third-order valence-electron chi connectivity index (χ3n) is 5.93. The fourth-order valence-corrected chi connectivity index (χ4v) is 4.11. The lowest BCUT2D eigenvalue weighted by atomic mass is 9.99. The molecule has 1 aromatic heterocycles. The van der Waals surface area contributed by atoms with Crippen LogP contribution in [0.1, 0.15) is 34.7 Å². The number of carbonyl (C=O) groups is 1. The van der Waals surface area contributed by atoms with Crippen molar-refractivity contribution >= 4 is 5.91 Å². The number of aryl methyl sites for hydroxylation is 4. The molecular formula is C27H36N4O5. The standard InChI is InChI=1S/C27H36N4O5/c1-7-19-11-20(10-18(4)25(19)35-15-22(33)12-28-24(34)14-32)26-29-27(36-30-26)21-8-16(2)23(13-31(5)6)17(3)9-21/h8-11,22,32-33H,7,12-15H2,1-6H3,(H,28,34)/t22-/m0/s1. The van der Waals surface area contributed by atoms with Gasteiger partial charge < -0.3 is 29.7 Å². The molecule has 1 amide bonds. The smallest absolute Gasteiger partial charge is 0.258 e. The number of hydrogen-bond donors (Lipinski definition) is 3. The number of hydrogen-bond acceptors (Lipinski definition) is 8. The third kappa shape index (κ3) is 6.69. The number of ether oxygens (including phenoxy) is 1. The highest BCUT2D eigenvalue weighted by Gasteiger charge is 2.17. The summed E-state index contributed by atoms with van der Waals surface area (Å²) in [7, 11) is 4.11. The Hall–Kier alpha value is -3.27. The number of rotatable bonds is 11. The van der Waals surface area contributed by atoms with Gasteiger partial charge in [0.2, 0.25) is 11.7 Å². The Bertz CT molecular complexity index is 1180. The van der Waals surface area contributed by atoms with Gasteiger partial charge in [0, 0.05) is 24.2 Å². The first-order valence-corrected chi connectivity index (χ1v) is 12.0. The third-order valence-corrected chi connectivity index (χ3v) is 5.93. The molecule has 9 heteroatoms. The van der Waals surface area contributed by atoms with Crippen LogP contribution in [0.4, 0.5) is 0 Å². The van der Waals surface area contributed by atoms with E-state index in [0.29, 0.717) is 23.9 Å².